The summed E-state index contributed by atoms with van der Waals surface area (Å²) in [5, 5.41) is 28.6. The zero-order chi connectivity index (χ0) is 38.7. The Morgan fingerprint density at radius 1 is 0.623 bits per heavy atom. The van der Waals surface area contributed by atoms with Gasteiger partial charge in [0.05, 0.1) is 25.4 Å². The highest BCUT2D eigenvalue weighted by Gasteiger charge is 2.18. The van der Waals surface area contributed by atoms with E-state index in [0.717, 1.165) is 55.4 Å². The molecule has 0 amide bonds. The summed E-state index contributed by atoms with van der Waals surface area (Å²) in [7, 11) is 0. The van der Waals surface area contributed by atoms with Crippen molar-refractivity contribution in [2.75, 3.05) is 39.6 Å². The second-order valence-corrected chi connectivity index (χ2v) is 14.1. The fraction of sp³-hybridized carbons (Fsp3) is 0.622. The van der Waals surface area contributed by atoms with Crippen molar-refractivity contribution in [1.82, 2.24) is 0 Å². The lowest BCUT2D eigenvalue weighted by Crippen LogP contribution is -2.20. The van der Waals surface area contributed by atoms with Crippen LogP contribution in [0.15, 0.2) is 54.6 Å². The first kappa shape index (κ1) is 46.0. The van der Waals surface area contributed by atoms with Crippen LogP contribution in [0, 0.1) is 0 Å². The smallest absolute Gasteiger partial charge is 0.335 e. The lowest BCUT2D eigenvalue weighted by molar-refractivity contribution is -0.140. The van der Waals surface area contributed by atoms with E-state index in [1.165, 1.54) is 93.7 Å². The van der Waals surface area contributed by atoms with Gasteiger partial charge in [0.1, 0.15) is 31.3 Å². The molecule has 0 saturated heterocycles. The molecular weight excluding hydrogens is 668 g/mol. The molecule has 0 fully saturated rings. The maximum atomic E-state index is 12.0. The van der Waals surface area contributed by atoms with Gasteiger partial charge in [-0.3, -0.25) is 0 Å². The number of carbonyl (C=O) groups is 1. The maximum Gasteiger partial charge on any atom is 0.335 e. The summed E-state index contributed by atoms with van der Waals surface area (Å²) in [6.45, 7) is 13.7. The zero-order valence-corrected chi connectivity index (χ0v) is 33.2. The summed E-state index contributed by atoms with van der Waals surface area (Å²) in [5.74, 6) is 0.823. The monoisotopic (exact) mass is 739 g/mol. The van der Waals surface area contributed by atoms with E-state index in [9.17, 15) is 20.1 Å². The molecule has 1 unspecified atom stereocenters. The first-order valence-electron chi connectivity index (χ1n) is 20.4. The summed E-state index contributed by atoms with van der Waals surface area (Å²) in [5.41, 5.74) is 6.48. The molecule has 8 heteroatoms. The topological polar surface area (TPSA) is 115 Å². The van der Waals surface area contributed by atoms with Crippen LogP contribution in [-0.2, 0) is 33.5 Å². The normalized spacial score (nSPS) is 11.7. The van der Waals surface area contributed by atoms with Gasteiger partial charge in [-0.15, -0.1) is 0 Å². The Balaban J connectivity index is 2.55. The number of hydrogen-bond donors (Lipinski definition) is 3. The molecule has 53 heavy (non-hydrogen) atoms. The van der Waals surface area contributed by atoms with Crippen molar-refractivity contribution < 1.29 is 39.1 Å². The first-order valence-corrected chi connectivity index (χ1v) is 20.4. The van der Waals surface area contributed by atoms with Crippen molar-refractivity contribution in [3.8, 4) is 22.6 Å². The highest BCUT2D eigenvalue weighted by Crippen LogP contribution is 2.38. The molecule has 0 aliphatic carbocycles. The number of aryl methyl sites for hydroxylation is 2. The average molecular weight is 739 g/mol. The predicted octanol–water partition coefficient (Wildman–Crippen LogP) is 9.63. The molecule has 3 N–H and O–H groups in total. The van der Waals surface area contributed by atoms with Crippen LogP contribution in [0.2, 0.25) is 0 Å². The number of ether oxygens (including phenoxy) is 4. The Bertz CT molecular complexity index is 1340. The van der Waals surface area contributed by atoms with Gasteiger partial charge < -0.3 is 34.3 Å². The van der Waals surface area contributed by atoms with Crippen LogP contribution in [0.3, 0.4) is 0 Å². The van der Waals surface area contributed by atoms with Crippen molar-refractivity contribution in [3.63, 3.8) is 0 Å². The third kappa shape index (κ3) is 18.1. The van der Waals surface area contributed by atoms with Crippen molar-refractivity contribution >= 4 is 5.97 Å². The van der Waals surface area contributed by atoms with E-state index >= 15 is 0 Å². The molecule has 0 aromatic heterocycles. The fourth-order valence-electron chi connectivity index (χ4n) is 6.38. The van der Waals surface area contributed by atoms with Crippen LogP contribution in [0.25, 0.3) is 11.1 Å². The highest BCUT2D eigenvalue weighted by molar-refractivity contribution is 5.87. The van der Waals surface area contributed by atoms with E-state index in [4.69, 9.17) is 18.9 Å². The second-order valence-electron chi connectivity index (χ2n) is 14.1. The Labute approximate surface area is 320 Å². The van der Waals surface area contributed by atoms with Crippen LogP contribution >= 0.6 is 0 Å². The molecule has 0 bridgehead atoms. The summed E-state index contributed by atoms with van der Waals surface area (Å²) in [6, 6.07) is 10.7. The lowest BCUT2D eigenvalue weighted by Gasteiger charge is -2.21. The summed E-state index contributed by atoms with van der Waals surface area (Å²) < 4.78 is 23.2. The average Bonchev–Trinajstić information content (AvgIpc) is 3.17. The molecular formula is C45H70O8. The van der Waals surface area contributed by atoms with Gasteiger partial charge in [-0.05, 0) is 90.6 Å². The molecule has 298 valence electrons. The van der Waals surface area contributed by atoms with Crippen LogP contribution in [0.1, 0.15) is 134 Å². The Morgan fingerprint density at radius 2 is 1.17 bits per heavy atom. The summed E-state index contributed by atoms with van der Waals surface area (Å²) >= 11 is 0. The zero-order valence-electron chi connectivity index (χ0n) is 33.2. The van der Waals surface area contributed by atoms with E-state index in [1.807, 2.05) is 6.07 Å². The molecule has 0 aliphatic rings. The summed E-state index contributed by atoms with van der Waals surface area (Å²) in [6.07, 6.45) is 19.6. The molecule has 2 aromatic carbocycles. The van der Waals surface area contributed by atoms with Crippen LogP contribution in [-0.4, -0.2) is 67.2 Å². The van der Waals surface area contributed by atoms with Crippen molar-refractivity contribution in [2.24, 2.45) is 0 Å². The van der Waals surface area contributed by atoms with Crippen LogP contribution in [0.4, 0.5) is 0 Å². The number of aliphatic hydroxyl groups excluding tert-OH is 3. The first-order chi connectivity index (χ1) is 25.8. The van der Waals surface area contributed by atoms with E-state index in [2.05, 4.69) is 58.2 Å². The fourth-order valence-corrected chi connectivity index (χ4v) is 6.38. The quantitative estimate of drug-likeness (QED) is 0.0224. The van der Waals surface area contributed by atoms with E-state index in [1.54, 1.807) is 0 Å². The van der Waals surface area contributed by atoms with Gasteiger partial charge in [0, 0.05) is 5.57 Å². The minimum atomic E-state index is -1.24. The van der Waals surface area contributed by atoms with Crippen LogP contribution in [0.5, 0.6) is 11.5 Å². The third-order valence-corrected chi connectivity index (χ3v) is 9.56. The Morgan fingerprint density at radius 3 is 1.77 bits per heavy atom. The Kier molecular flexibility index (Phi) is 24.6. The molecule has 0 aliphatic heterocycles. The number of rotatable bonds is 32. The van der Waals surface area contributed by atoms with E-state index in [-0.39, 0.29) is 44.2 Å². The molecule has 1 atom stereocenters. The number of aliphatic hydroxyl groups is 3. The van der Waals surface area contributed by atoms with Crippen molar-refractivity contribution in [1.29, 1.82) is 0 Å². The largest absolute Gasteiger partial charge is 0.491 e. The lowest BCUT2D eigenvalue weighted by atomic mass is 9.86. The van der Waals surface area contributed by atoms with Crippen molar-refractivity contribution in [3.05, 3.63) is 71.3 Å². The number of hydrogen-bond acceptors (Lipinski definition) is 8. The number of carbonyl (C=O) groups excluding carboxylic acids is 1. The second kappa shape index (κ2) is 28.3. The van der Waals surface area contributed by atoms with Gasteiger partial charge in [0.2, 0.25) is 0 Å². The SMILES string of the molecule is C=C(CO)C(=O)OCCOc1ccc(CCCCCCC)c(-c2cc(OCCOC(O)C(=C)CO)cc(CCCCCCC)c2CCCCCCC)c1. The minimum absolute atomic E-state index is 0.0134. The van der Waals surface area contributed by atoms with Gasteiger partial charge >= 0.3 is 5.97 Å². The molecule has 2 aromatic rings. The molecule has 0 radical (unpaired) electrons. The highest BCUT2D eigenvalue weighted by atomic mass is 16.6. The molecule has 0 heterocycles. The minimum Gasteiger partial charge on any atom is -0.491 e. The molecule has 8 nitrogen and oxygen atoms in total. The van der Waals surface area contributed by atoms with Crippen molar-refractivity contribution in [2.45, 2.75) is 143 Å². The molecule has 0 spiro atoms. The third-order valence-electron chi connectivity index (χ3n) is 9.56. The van der Waals surface area contributed by atoms with Gasteiger partial charge in [-0.25, -0.2) is 4.79 Å². The molecule has 2 rings (SSSR count). The van der Waals surface area contributed by atoms with Gasteiger partial charge in [-0.2, -0.15) is 0 Å². The number of benzene rings is 2. The standard InChI is InChI=1S/C45H70O8/c1-6-9-12-15-18-21-37-24-25-39(50-26-28-52-44(48)35(4)33-46)31-42(37)43-32-40(51-27-29-53-45(49)36(5)34-47)30-38(22-19-16-13-10-7-2)41(43)23-20-17-14-11-8-3/h24-25,30-32,45-47,49H,4-23,26-29,33-34H2,1-3H3. The van der Waals surface area contributed by atoms with Gasteiger partial charge in [0.25, 0.3) is 0 Å². The predicted molar refractivity (Wildman–Crippen MR) is 216 cm³/mol. The number of unbranched alkanes of at least 4 members (excludes halogenated alkanes) is 12. The van der Waals surface area contributed by atoms with Gasteiger partial charge in [0.15, 0.2) is 6.29 Å². The number of esters is 1. The Hall–Kier alpha value is -3.17. The van der Waals surface area contributed by atoms with E-state index in [0.29, 0.717) is 5.75 Å². The molecule has 0 saturated carbocycles. The van der Waals surface area contributed by atoms with Crippen LogP contribution < -0.4 is 9.47 Å². The summed E-state index contributed by atoms with van der Waals surface area (Å²) in [4.78, 5) is 12.0. The maximum absolute atomic E-state index is 12.0. The van der Waals surface area contributed by atoms with Gasteiger partial charge in [-0.1, -0.05) is 117 Å². The van der Waals surface area contributed by atoms with E-state index < -0.39 is 18.9 Å².